The molecule has 0 bridgehead atoms. The minimum atomic E-state index is 0. The maximum atomic E-state index is 5.28. The van der Waals surface area contributed by atoms with Crippen molar-refractivity contribution in [1.29, 1.82) is 0 Å². The summed E-state index contributed by atoms with van der Waals surface area (Å²) in [6.45, 7) is 11.0. The van der Waals surface area contributed by atoms with Gasteiger partial charge in [0.05, 0.1) is 0 Å². The summed E-state index contributed by atoms with van der Waals surface area (Å²) in [5.74, 6) is 0. The molecule has 0 saturated heterocycles. The van der Waals surface area contributed by atoms with E-state index >= 15 is 0 Å². The van der Waals surface area contributed by atoms with E-state index in [9.17, 15) is 0 Å². The van der Waals surface area contributed by atoms with Gasteiger partial charge in [-0.3, -0.25) is 0 Å². The minimum Gasteiger partial charge on any atom is -0.746 e. The zero-order valence-electron chi connectivity index (χ0n) is 11.2. The van der Waals surface area contributed by atoms with Crippen LogP contribution >= 0.6 is 0 Å². The number of nitrogen functional groups attached to an aromatic ring is 1. The Hall–Kier alpha value is -0.981. The first-order chi connectivity index (χ1) is 7.45. The summed E-state index contributed by atoms with van der Waals surface area (Å²) in [7, 11) is 0. The smallest absolute Gasteiger partial charge is 0 e. The largest absolute Gasteiger partial charge is 0.746 e. The number of hydrogen-bond donors (Lipinski definition) is 1. The van der Waals surface area contributed by atoms with Crippen molar-refractivity contribution >= 4 is 5.69 Å². The minimum absolute atomic E-state index is 0. The Labute approximate surface area is 115 Å². The molecule has 0 aromatic heterocycles. The van der Waals surface area contributed by atoms with Crippen molar-refractivity contribution in [2.24, 2.45) is 0 Å². The van der Waals surface area contributed by atoms with Crippen LogP contribution in [0.3, 0.4) is 0 Å². The van der Waals surface area contributed by atoms with E-state index in [1.165, 1.54) is 27.8 Å². The van der Waals surface area contributed by atoms with E-state index in [1.807, 2.05) is 24.3 Å². The first-order valence-corrected chi connectivity index (χ1v) is 5.62. The van der Waals surface area contributed by atoms with Crippen molar-refractivity contribution in [1.82, 2.24) is 0 Å². The van der Waals surface area contributed by atoms with Crippen LogP contribution in [0.15, 0.2) is 24.3 Å². The third kappa shape index (κ3) is 3.76. The topological polar surface area (TPSA) is 26.0 Å². The fourth-order valence-corrected chi connectivity index (χ4v) is 1.80. The average molecular weight is 271 g/mol. The first kappa shape index (κ1) is 16.0. The van der Waals surface area contributed by atoms with Crippen LogP contribution in [-0.2, 0) is 17.1 Å². The molecule has 17 heavy (non-hydrogen) atoms. The number of anilines is 1. The number of nitrogens with two attached hydrogens (primary N) is 1. The van der Waals surface area contributed by atoms with Crippen molar-refractivity contribution in [3.05, 3.63) is 52.1 Å². The summed E-state index contributed by atoms with van der Waals surface area (Å²) < 4.78 is 0. The van der Waals surface area contributed by atoms with Gasteiger partial charge in [-0.1, -0.05) is 34.6 Å². The van der Waals surface area contributed by atoms with Gasteiger partial charge in [0.2, 0.25) is 0 Å². The van der Waals surface area contributed by atoms with Gasteiger partial charge in [0.1, 0.15) is 0 Å². The van der Waals surface area contributed by atoms with Crippen LogP contribution in [0.25, 0.3) is 0 Å². The SMILES string of the molecule is Cc1c(C)c(C)[c-](C)c1C.N[c-]1[cH-][cH-][cH-][cH-]1.[Fe]. The molecule has 0 spiro atoms. The predicted molar refractivity (Wildman–Crippen MR) is 72.2 cm³/mol. The van der Waals surface area contributed by atoms with E-state index in [2.05, 4.69) is 34.6 Å². The van der Waals surface area contributed by atoms with E-state index in [0.717, 1.165) is 5.69 Å². The molecule has 0 atom stereocenters. The van der Waals surface area contributed by atoms with Gasteiger partial charge in [-0.25, -0.2) is 0 Å². The molecule has 2 heteroatoms. The van der Waals surface area contributed by atoms with Crippen LogP contribution in [0.4, 0.5) is 5.69 Å². The number of rotatable bonds is 0. The maximum Gasteiger partial charge on any atom is 0 e. The Morgan fingerprint density at radius 2 is 1.24 bits per heavy atom. The fraction of sp³-hybridized carbons (Fsp3) is 0.333. The normalized spacial score (nSPS) is 9.24. The van der Waals surface area contributed by atoms with Gasteiger partial charge in [0, 0.05) is 17.1 Å². The molecule has 0 heterocycles. The molecule has 2 rings (SSSR count). The molecular weight excluding hydrogens is 250 g/mol. The molecule has 0 fully saturated rings. The van der Waals surface area contributed by atoms with Crippen LogP contribution in [0, 0.1) is 34.6 Å². The summed E-state index contributed by atoms with van der Waals surface area (Å²) in [6, 6.07) is 7.55. The van der Waals surface area contributed by atoms with E-state index in [0.29, 0.717) is 0 Å². The molecule has 0 saturated carbocycles. The third-order valence-corrected chi connectivity index (χ3v) is 3.50. The summed E-state index contributed by atoms with van der Waals surface area (Å²) in [4.78, 5) is 0. The summed E-state index contributed by atoms with van der Waals surface area (Å²) in [5, 5.41) is 0. The van der Waals surface area contributed by atoms with Gasteiger partial charge in [-0.2, -0.15) is 27.8 Å². The first-order valence-electron chi connectivity index (χ1n) is 5.62. The molecule has 100 valence electrons. The molecule has 0 unspecified atom stereocenters. The second-order valence-corrected chi connectivity index (χ2v) is 4.34. The van der Waals surface area contributed by atoms with Gasteiger partial charge in [0.15, 0.2) is 0 Å². The molecule has 2 aromatic rings. The van der Waals surface area contributed by atoms with Crippen LogP contribution in [0.1, 0.15) is 27.8 Å². The second-order valence-electron chi connectivity index (χ2n) is 4.34. The molecule has 0 aliphatic rings. The molecule has 2 N–H and O–H groups in total. The molecule has 1 nitrogen and oxygen atoms in total. The monoisotopic (exact) mass is 271 g/mol. The molecule has 0 amide bonds. The Balaban J connectivity index is 0.000000316. The van der Waals surface area contributed by atoms with E-state index in [1.54, 1.807) is 0 Å². The standard InChI is InChI=1S/C10H15.C5H6N.Fe/c1-6-7(2)9(4)10(5)8(6)3;6-5-3-1-2-4-5;/h1-5H3;1-4H,6H2;/q-1;-5;. The van der Waals surface area contributed by atoms with Gasteiger partial charge in [0.25, 0.3) is 0 Å². The van der Waals surface area contributed by atoms with Crippen molar-refractivity contribution in [2.45, 2.75) is 34.6 Å². The zero-order valence-corrected chi connectivity index (χ0v) is 12.3. The van der Waals surface area contributed by atoms with Crippen LogP contribution in [-0.4, -0.2) is 0 Å². The Morgan fingerprint density at radius 3 is 1.35 bits per heavy atom. The van der Waals surface area contributed by atoms with Gasteiger partial charge in [-0.15, -0.1) is 0 Å². The molecule has 2 aromatic carbocycles. The Morgan fingerprint density at radius 1 is 0.882 bits per heavy atom. The number of hydrogen-bond acceptors (Lipinski definition) is 1. The summed E-state index contributed by atoms with van der Waals surface area (Å²) in [5.41, 5.74) is 13.5. The average Bonchev–Trinajstić information content (AvgIpc) is 2.80. The van der Waals surface area contributed by atoms with Crippen LogP contribution in [0.5, 0.6) is 0 Å². The van der Waals surface area contributed by atoms with E-state index in [4.69, 9.17) is 5.73 Å². The van der Waals surface area contributed by atoms with Crippen LogP contribution < -0.4 is 5.73 Å². The Bertz CT molecular complexity index is 369. The molecular formula is C15H21FeN-6. The zero-order chi connectivity index (χ0) is 12.3. The van der Waals surface area contributed by atoms with Crippen LogP contribution in [0.2, 0.25) is 0 Å². The van der Waals surface area contributed by atoms with Crippen molar-refractivity contribution < 1.29 is 17.1 Å². The summed E-state index contributed by atoms with van der Waals surface area (Å²) in [6.07, 6.45) is 0. The van der Waals surface area contributed by atoms with Crippen molar-refractivity contribution in [3.8, 4) is 0 Å². The maximum absolute atomic E-state index is 5.28. The quantitative estimate of drug-likeness (QED) is 0.570. The van der Waals surface area contributed by atoms with Gasteiger partial charge in [-0.05, 0) is 0 Å². The van der Waals surface area contributed by atoms with E-state index in [-0.39, 0.29) is 17.1 Å². The molecule has 0 radical (unpaired) electrons. The van der Waals surface area contributed by atoms with Crippen molar-refractivity contribution in [2.75, 3.05) is 5.73 Å². The second kappa shape index (κ2) is 6.68. The van der Waals surface area contributed by atoms with Crippen molar-refractivity contribution in [3.63, 3.8) is 0 Å². The van der Waals surface area contributed by atoms with E-state index < -0.39 is 0 Å². The Kier molecular flexibility index (Phi) is 6.30. The van der Waals surface area contributed by atoms with Gasteiger partial charge < -0.3 is 35.7 Å². The molecule has 0 aliphatic carbocycles. The third-order valence-electron chi connectivity index (χ3n) is 3.50. The summed E-state index contributed by atoms with van der Waals surface area (Å²) >= 11 is 0. The predicted octanol–water partition coefficient (Wildman–Crippen LogP) is 3.93. The fourth-order valence-electron chi connectivity index (χ4n) is 1.80. The van der Waals surface area contributed by atoms with Gasteiger partial charge >= 0.3 is 0 Å². The molecule has 0 aliphatic heterocycles.